The maximum Gasteiger partial charge on any atom is 0.308 e. The summed E-state index contributed by atoms with van der Waals surface area (Å²) >= 11 is 0. The van der Waals surface area contributed by atoms with E-state index < -0.39 is 0 Å². The highest BCUT2D eigenvalue weighted by molar-refractivity contribution is 5.85. The number of hydrogen-bond acceptors (Lipinski definition) is 3. The fourth-order valence-corrected chi connectivity index (χ4v) is 3.71. The van der Waals surface area contributed by atoms with Gasteiger partial charge in [-0.05, 0) is 42.5 Å². The SMILES string of the molecule is CCNC(=NCCc1cccc2ccccc12)N1CCC(C(=O)OC)CC1. The molecule has 0 radical (unpaired) electrons. The number of hydrogen-bond donors (Lipinski definition) is 1. The van der Waals surface area contributed by atoms with E-state index in [-0.39, 0.29) is 11.9 Å². The van der Waals surface area contributed by atoms with Gasteiger partial charge in [0, 0.05) is 26.2 Å². The number of piperidine rings is 1. The molecule has 0 aromatic heterocycles. The zero-order valence-electron chi connectivity index (χ0n) is 16.3. The van der Waals surface area contributed by atoms with Crippen molar-refractivity contribution in [1.82, 2.24) is 10.2 Å². The lowest BCUT2D eigenvalue weighted by Gasteiger charge is -2.33. The highest BCUT2D eigenvalue weighted by Crippen LogP contribution is 2.20. The number of likely N-dealkylation sites (tertiary alicyclic amines) is 1. The third-order valence-electron chi connectivity index (χ3n) is 5.19. The lowest BCUT2D eigenvalue weighted by molar-refractivity contribution is -0.146. The zero-order chi connectivity index (χ0) is 19.1. The first-order chi connectivity index (χ1) is 13.2. The maximum absolute atomic E-state index is 11.7. The van der Waals surface area contributed by atoms with E-state index in [1.165, 1.54) is 23.4 Å². The minimum Gasteiger partial charge on any atom is -0.469 e. The minimum atomic E-state index is -0.0902. The molecule has 27 heavy (non-hydrogen) atoms. The monoisotopic (exact) mass is 367 g/mol. The highest BCUT2D eigenvalue weighted by Gasteiger charge is 2.26. The Morgan fingerprint density at radius 1 is 1.19 bits per heavy atom. The van der Waals surface area contributed by atoms with E-state index in [9.17, 15) is 4.79 Å². The molecule has 0 unspecified atom stereocenters. The molecule has 0 saturated carbocycles. The minimum absolute atomic E-state index is 0.0183. The number of guanidine groups is 1. The van der Waals surface area contributed by atoms with Crippen LogP contribution in [0.1, 0.15) is 25.3 Å². The summed E-state index contributed by atoms with van der Waals surface area (Å²) in [6.45, 7) is 5.33. The third-order valence-corrected chi connectivity index (χ3v) is 5.19. The summed E-state index contributed by atoms with van der Waals surface area (Å²) in [5.74, 6) is 0.874. The predicted molar refractivity (Wildman–Crippen MR) is 110 cm³/mol. The van der Waals surface area contributed by atoms with Crippen molar-refractivity contribution in [1.29, 1.82) is 0 Å². The Kier molecular flexibility index (Phi) is 6.69. The second kappa shape index (κ2) is 9.40. The number of fused-ring (bicyclic) bond motifs is 1. The first-order valence-electron chi connectivity index (χ1n) is 9.80. The van der Waals surface area contributed by atoms with Crippen molar-refractivity contribution >= 4 is 22.7 Å². The van der Waals surface area contributed by atoms with E-state index in [0.717, 1.165) is 51.4 Å². The molecule has 1 N–H and O–H groups in total. The van der Waals surface area contributed by atoms with E-state index in [0.29, 0.717) is 0 Å². The van der Waals surface area contributed by atoms with Gasteiger partial charge in [0.05, 0.1) is 13.0 Å². The fourth-order valence-electron chi connectivity index (χ4n) is 3.71. The van der Waals surface area contributed by atoms with Crippen LogP contribution >= 0.6 is 0 Å². The highest BCUT2D eigenvalue weighted by atomic mass is 16.5. The summed E-state index contributed by atoms with van der Waals surface area (Å²) in [7, 11) is 1.47. The second-order valence-corrected chi connectivity index (χ2v) is 6.91. The van der Waals surface area contributed by atoms with Crippen LogP contribution in [-0.2, 0) is 16.0 Å². The van der Waals surface area contributed by atoms with Crippen LogP contribution in [0.5, 0.6) is 0 Å². The topological polar surface area (TPSA) is 53.9 Å². The number of nitrogens with one attached hydrogen (secondary N) is 1. The number of carbonyl (C=O) groups is 1. The van der Waals surface area contributed by atoms with Crippen molar-refractivity contribution in [3.63, 3.8) is 0 Å². The quantitative estimate of drug-likeness (QED) is 0.501. The largest absolute Gasteiger partial charge is 0.469 e. The molecule has 0 amide bonds. The van der Waals surface area contributed by atoms with Crippen molar-refractivity contribution in [3.8, 4) is 0 Å². The van der Waals surface area contributed by atoms with Gasteiger partial charge in [0.1, 0.15) is 0 Å². The molecular weight excluding hydrogens is 338 g/mol. The molecule has 5 heteroatoms. The normalized spacial score (nSPS) is 15.8. The fraction of sp³-hybridized carbons (Fsp3) is 0.455. The van der Waals surface area contributed by atoms with Gasteiger partial charge in [-0.3, -0.25) is 9.79 Å². The Bertz CT molecular complexity index is 790. The van der Waals surface area contributed by atoms with Crippen molar-refractivity contribution in [3.05, 3.63) is 48.0 Å². The van der Waals surface area contributed by atoms with E-state index in [1.807, 2.05) is 0 Å². The van der Waals surface area contributed by atoms with E-state index in [1.54, 1.807) is 0 Å². The van der Waals surface area contributed by atoms with E-state index in [4.69, 9.17) is 9.73 Å². The third kappa shape index (κ3) is 4.79. The number of nitrogens with zero attached hydrogens (tertiary/aromatic N) is 2. The lowest BCUT2D eigenvalue weighted by atomic mass is 9.97. The molecule has 3 rings (SSSR count). The number of rotatable bonds is 5. The number of methoxy groups -OCH3 is 1. The van der Waals surface area contributed by atoms with Crippen LogP contribution in [0.2, 0.25) is 0 Å². The molecule has 1 aliphatic heterocycles. The average molecular weight is 367 g/mol. The number of aliphatic imine (C=N–C) groups is 1. The lowest BCUT2D eigenvalue weighted by Crippen LogP contribution is -2.46. The summed E-state index contributed by atoms with van der Waals surface area (Å²) in [6, 6.07) is 14.9. The van der Waals surface area contributed by atoms with Gasteiger partial charge in [-0.1, -0.05) is 42.5 Å². The predicted octanol–water partition coefficient (Wildman–Crippen LogP) is 3.23. The molecule has 144 valence electrons. The molecule has 1 saturated heterocycles. The van der Waals surface area contributed by atoms with Gasteiger partial charge in [-0.2, -0.15) is 0 Å². The Morgan fingerprint density at radius 3 is 2.67 bits per heavy atom. The summed E-state index contributed by atoms with van der Waals surface area (Å²) in [6.07, 6.45) is 2.55. The van der Waals surface area contributed by atoms with Crippen molar-refractivity contribution in [2.45, 2.75) is 26.2 Å². The van der Waals surface area contributed by atoms with Crippen molar-refractivity contribution < 1.29 is 9.53 Å². The van der Waals surface area contributed by atoms with Gasteiger partial charge in [0.15, 0.2) is 5.96 Å². The summed E-state index contributed by atoms with van der Waals surface area (Å²) < 4.78 is 4.88. The van der Waals surface area contributed by atoms with Gasteiger partial charge in [-0.25, -0.2) is 0 Å². The van der Waals surface area contributed by atoms with Gasteiger partial charge >= 0.3 is 5.97 Å². The van der Waals surface area contributed by atoms with Gasteiger partial charge in [0.2, 0.25) is 0 Å². The van der Waals surface area contributed by atoms with Gasteiger partial charge in [-0.15, -0.1) is 0 Å². The Morgan fingerprint density at radius 2 is 1.93 bits per heavy atom. The van der Waals surface area contributed by atoms with Crippen LogP contribution in [0.4, 0.5) is 0 Å². The van der Waals surface area contributed by atoms with Gasteiger partial charge in [0.25, 0.3) is 0 Å². The van der Waals surface area contributed by atoms with Crippen LogP contribution in [0.15, 0.2) is 47.5 Å². The number of benzene rings is 2. The van der Waals surface area contributed by atoms with Crippen LogP contribution < -0.4 is 5.32 Å². The standard InChI is InChI=1S/C22H29N3O2/c1-3-23-22(25-15-12-19(13-16-25)21(26)27-2)24-14-11-18-9-6-8-17-7-4-5-10-20(17)18/h4-10,19H,3,11-16H2,1-2H3,(H,23,24). The number of carbonyl (C=O) groups excluding carboxylic acids is 1. The first-order valence-corrected chi connectivity index (χ1v) is 9.80. The molecule has 1 fully saturated rings. The van der Waals surface area contributed by atoms with Crippen LogP contribution in [0.25, 0.3) is 10.8 Å². The maximum atomic E-state index is 11.7. The summed E-state index contributed by atoms with van der Waals surface area (Å²) in [4.78, 5) is 18.8. The smallest absolute Gasteiger partial charge is 0.308 e. The Balaban J connectivity index is 1.63. The Labute approximate surface area is 161 Å². The van der Waals surface area contributed by atoms with Crippen LogP contribution in [0, 0.1) is 5.92 Å². The first kappa shape index (κ1) is 19.2. The molecule has 0 aliphatic carbocycles. The molecule has 0 bridgehead atoms. The summed E-state index contributed by atoms with van der Waals surface area (Å²) in [5, 5.41) is 5.97. The zero-order valence-corrected chi connectivity index (χ0v) is 16.3. The molecule has 0 atom stereocenters. The molecule has 0 spiro atoms. The molecular formula is C22H29N3O2. The molecule has 2 aromatic rings. The van der Waals surface area contributed by atoms with Crippen LogP contribution in [-0.4, -0.2) is 50.1 Å². The van der Waals surface area contributed by atoms with E-state index >= 15 is 0 Å². The van der Waals surface area contributed by atoms with E-state index in [2.05, 4.69) is 59.6 Å². The van der Waals surface area contributed by atoms with Crippen molar-refractivity contribution in [2.24, 2.45) is 10.9 Å². The molecule has 1 aliphatic rings. The van der Waals surface area contributed by atoms with Gasteiger partial charge < -0.3 is 15.0 Å². The molecule has 5 nitrogen and oxygen atoms in total. The van der Waals surface area contributed by atoms with Crippen molar-refractivity contribution in [2.75, 3.05) is 33.3 Å². The average Bonchev–Trinajstić information content (AvgIpc) is 2.73. The second-order valence-electron chi connectivity index (χ2n) is 6.91. The number of esters is 1. The summed E-state index contributed by atoms with van der Waals surface area (Å²) in [5.41, 5.74) is 1.33. The molecule has 1 heterocycles. The molecule has 2 aromatic carbocycles. The number of ether oxygens (including phenoxy) is 1. The van der Waals surface area contributed by atoms with Crippen LogP contribution in [0.3, 0.4) is 0 Å². The Hall–Kier alpha value is -2.56.